The van der Waals surface area contributed by atoms with E-state index >= 15 is 0 Å². The van der Waals surface area contributed by atoms with Crippen LogP contribution in [0, 0.1) is 0 Å². The van der Waals surface area contributed by atoms with Crippen molar-refractivity contribution in [3.8, 4) is 0 Å². The fourth-order valence-electron chi connectivity index (χ4n) is 4.13. The number of amides is 1. The van der Waals surface area contributed by atoms with Gasteiger partial charge in [-0.3, -0.25) is 4.79 Å². The number of aromatic nitrogens is 3. The third kappa shape index (κ3) is 4.19. The van der Waals surface area contributed by atoms with E-state index < -0.39 is 0 Å². The number of thioether (sulfide) groups is 1. The van der Waals surface area contributed by atoms with Crippen molar-refractivity contribution in [3.63, 3.8) is 0 Å². The Hall–Kier alpha value is -2.43. The lowest BCUT2D eigenvalue weighted by atomic mass is 10.3. The van der Waals surface area contributed by atoms with Gasteiger partial charge in [0.1, 0.15) is 5.03 Å². The van der Waals surface area contributed by atoms with Crippen LogP contribution < -0.4 is 16.0 Å². The number of carbonyl (C=O) groups is 1. The number of benzene rings is 1. The predicted molar refractivity (Wildman–Crippen MR) is 125 cm³/mol. The number of nitrogens with one attached hydrogen (secondary N) is 1. The first-order chi connectivity index (χ1) is 15.1. The van der Waals surface area contributed by atoms with Gasteiger partial charge in [0, 0.05) is 31.7 Å². The fraction of sp³-hybridized carbons (Fsp3) is 0.429. The summed E-state index contributed by atoms with van der Waals surface area (Å²) in [6.07, 6.45) is 2.79. The van der Waals surface area contributed by atoms with Gasteiger partial charge in [0.05, 0.1) is 21.7 Å². The van der Waals surface area contributed by atoms with E-state index in [4.69, 9.17) is 0 Å². The standard InChI is InChI=1S/C21H24N6O2S2/c1-25-9-11-26(12-10-25)27-16-7-4-5-14(16)19(24-21(27)29)30-13-18(28)23-20-22-15-6-2-3-8-17(15)31-20/h2-3,6,8H,4-5,7,9-13H2,1H3,(H,22,23,28). The fourth-order valence-corrected chi connectivity index (χ4v) is 5.89. The lowest BCUT2D eigenvalue weighted by Crippen LogP contribution is -2.54. The molecule has 1 saturated heterocycles. The molecule has 1 amide bonds. The van der Waals surface area contributed by atoms with Crippen molar-refractivity contribution in [1.82, 2.24) is 19.5 Å². The summed E-state index contributed by atoms with van der Waals surface area (Å²) in [4.78, 5) is 36.5. The minimum Gasteiger partial charge on any atom is -0.306 e. The highest BCUT2D eigenvalue weighted by atomic mass is 32.2. The topological polar surface area (TPSA) is 83.4 Å². The molecule has 0 saturated carbocycles. The van der Waals surface area contributed by atoms with E-state index in [2.05, 4.69) is 32.2 Å². The maximum atomic E-state index is 12.9. The molecule has 162 valence electrons. The quantitative estimate of drug-likeness (QED) is 0.464. The molecule has 10 heteroatoms. The third-order valence-electron chi connectivity index (χ3n) is 5.72. The van der Waals surface area contributed by atoms with Gasteiger partial charge < -0.3 is 15.2 Å². The van der Waals surface area contributed by atoms with Crippen molar-refractivity contribution < 1.29 is 4.79 Å². The summed E-state index contributed by atoms with van der Waals surface area (Å²) in [7, 11) is 2.10. The number of fused-ring (bicyclic) bond motifs is 2. The number of thiazole rings is 1. The molecular weight excluding hydrogens is 432 g/mol. The van der Waals surface area contributed by atoms with Gasteiger partial charge in [0.25, 0.3) is 0 Å². The summed E-state index contributed by atoms with van der Waals surface area (Å²) in [5, 5.41) is 6.28. The van der Waals surface area contributed by atoms with Gasteiger partial charge in [-0.25, -0.2) is 14.5 Å². The molecule has 1 aliphatic heterocycles. The van der Waals surface area contributed by atoms with Crippen LogP contribution in [-0.4, -0.2) is 64.4 Å². The van der Waals surface area contributed by atoms with E-state index in [1.807, 2.05) is 24.3 Å². The second-order valence-electron chi connectivity index (χ2n) is 7.87. The molecule has 1 aliphatic carbocycles. The first-order valence-electron chi connectivity index (χ1n) is 10.5. The summed E-state index contributed by atoms with van der Waals surface area (Å²) in [5.41, 5.74) is 2.83. The van der Waals surface area contributed by atoms with E-state index in [0.717, 1.165) is 66.9 Å². The minimum absolute atomic E-state index is 0.138. The van der Waals surface area contributed by atoms with E-state index in [1.165, 1.54) is 23.1 Å². The normalized spacial score (nSPS) is 16.6. The number of anilines is 1. The number of hydrogen-bond acceptors (Lipinski definition) is 8. The Morgan fingerprint density at radius 3 is 2.77 bits per heavy atom. The average Bonchev–Trinajstić information content (AvgIpc) is 3.39. The van der Waals surface area contributed by atoms with Crippen LogP contribution in [0.3, 0.4) is 0 Å². The van der Waals surface area contributed by atoms with Crippen LogP contribution in [-0.2, 0) is 17.6 Å². The van der Waals surface area contributed by atoms with Gasteiger partial charge in [0.15, 0.2) is 5.13 Å². The molecule has 3 heterocycles. The van der Waals surface area contributed by atoms with E-state index in [0.29, 0.717) is 10.2 Å². The van der Waals surface area contributed by atoms with Crippen LogP contribution in [0.5, 0.6) is 0 Å². The first kappa shape index (κ1) is 20.5. The Morgan fingerprint density at radius 1 is 1.16 bits per heavy atom. The van der Waals surface area contributed by atoms with Gasteiger partial charge in [0.2, 0.25) is 5.91 Å². The van der Waals surface area contributed by atoms with Crippen molar-refractivity contribution in [2.45, 2.75) is 24.3 Å². The first-order valence-corrected chi connectivity index (χ1v) is 12.3. The van der Waals surface area contributed by atoms with Crippen LogP contribution in [0.1, 0.15) is 17.7 Å². The second kappa shape index (κ2) is 8.60. The molecule has 5 rings (SSSR count). The van der Waals surface area contributed by atoms with Gasteiger partial charge in [-0.2, -0.15) is 4.98 Å². The van der Waals surface area contributed by atoms with E-state index in [1.54, 1.807) is 4.68 Å². The minimum atomic E-state index is -0.237. The van der Waals surface area contributed by atoms with Crippen LogP contribution in [0.15, 0.2) is 34.1 Å². The van der Waals surface area contributed by atoms with Gasteiger partial charge >= 0.3 is 5.69 Å². The Kier molecular flexibility index (Phi) is 5.68. The number of para-hydroxylation sites is 1. The Labute approximate surface area is 188 Å². The summed E-state index contributed by atoms with van der Waals surface area (Å²) in [6, 6.07) is 7.80. The number of nitrogens with zero attached hydrogens (tertiary/aromatic N) is 5. The van der Waals surface area contributed by atoms with E-state index in [-0.39, 0.29) is 17.3 Å². The predicted octanol–water partition coefficient (Wildman–Crippen LogP) is 1.96. The molecule has 2 aliphatic rings. The number of likely N-dealkylation sites (N-methyl/N-ethyl adjacent to an activating group) is 1. The summed E-state index contributed by atoms with van der Waals surface area (Å²) in [6.45, 7) is 3.51. The van der Waals surface area contributed by atoms with Crippen LogP contribution in [0.2, 0.25) is 0 Å². The van der Waals surface area contributed by atoms with Gasteiger partial charge in [-0.1, -0.05) is 35.2 Å². The van der Waals surface area contributed by atoms with Crippen molar-refractivity contribution in [2.24, 2.45) is 0 Å². The number of piperazine rings is 1. The zero-order valence-electron chi connectivity index (χ0n) is 17.3. The third-order valence-corrected chi connectivity index (χ3v) is 7.69. The molecule has 0 bridgehead atoms. The molecule has 0 spiro atoms. The van der Waals surface area contributed by atoms with Crippen molar-refractivity contribution in [1.29, 1.82) is 0 Å². The van der Waals surface area contributed by atoms with E-state index in [9.17, 15) is 9.59 Å². The van der Waals surface area contributed by atoms with Gasteiger partial charge in [-0.15, -0.1) is 0 Å². The lowest BCUT2D eigenvalue weighted by Gasteiger charge is -2.35. The SMILES string of the molecule is CN1CCN(n2c3c(c(SCC(=O)Nc4nc5ccccc5s4)nc2=O)CCC3)CC1. The summed E-state index contributed by atoms with van der Waals surface area (Å²) < 4.78 is 2.83. The maximum absolute atomic E-state index is 12.9. The average molecular weight is 457 g/mol. The van der Waals surface area contributed by atoms with Crippen LogP contribution >= 0.6 is 23.1 Å². The monoisotopic (exact) mass is 456 g/mol. The highest BCUT2D eigenvalue weighted by Gasteiger charge is 2.26. The largest absolute Gasteiger partial charge is 0.367 e. The molecule has 1 N–H and O–H groups in total. The van der Waals surface area contributed by atoms with Crippen molar-refractivity contribution in [2.75, 3.05) is 49.3 Å². The number of carbonyl (C=O) groups excluding carboxylic acids is 1. The zero-order chi connectivity index (χ0) is 21.4. The molecule has 2 aromatic heterocycles. The number of rotatable bonds is 5. The van der Waals surface area contributed by atoms with Crippen molar-refractivity contribution in [3.05, 3.63) is 46.0 Å². The molecule has 0 radical (unpaired) electrons. The Morgan fingerprint density at radius 2 is 1.97 bits per heavy atom. The van der Waals surface area contributed by atoms with Crippen LogP contribution in [0.4, 0.5) is 5.13 Å². The van der Waals surface area contributed by atoms with Gasteiger partial charge in [-0.05, 0) is 38.4 Å². The zero-order valence-corrected chi connectivity index (χ0v) is 19.0. The molecule has 3 aromatic rings. The maximum Gasteiger partial charge on any atom is 0.367 e. The molecular formula is C21H24N6O2S2. The highest BCUT2D eigenvalue weighted by molar-refractivity contribution is 8.00. The summed E-state index contributed by atoms with van der Waals surface area (Å²) in [5.74, 6) is 0.0636. The van der Waals surface area contributed by atoms with Crippen LogP contribution in [0.25, 0.3) is 10.2 Å². The molecule has 1 aromatic carbocycles. The molecule has 0 atom stereocenters. The molecule has 8 nitrogen and oxygen atoms in total. The number of hydrogen-bond donors (Lipinski definition) is 1. The van der Waals surface area contributed by atoms with Crippen molar-refractivity contribution >= 4 is 44.4 Å². The Bertz CT molecular complexity index is 1150. The molecule has 31 heavy (non-hydrogen) atoms. The molecule has 1 fully saturated rings. The summed E-state index contributed by atoms with van der Waals surface area (Å²) >= 11 is 2.80. The molecule has 0 unspecified atom stereocenters. The highest BCUT2D eigenvalue weighted by Crippen LogP contribution is 2.30. The lowest BCUT2D eigenvalue weighted by molar-refractivity contribution is -0.113. The Balaban J connectivity index is 1.30. The smallest absolute Gasteiger partial charge is 0.306 e. The second-order valence-corrected chi connectivity index (χ2v) is 9.87.